The van der Waals surface area contributed by atoms with Crippen molar-refractivity contribution in [3.05, 3.63) is 29.6 Å². The summed E-state index contributed by atoms with van der Waals surface area (Å²) in [5, 5.41) is 0. The lowest BCUT2D eigenvalue weighted by Gasteiger charge is -2.19. The van der Waals surface area contributed by atoms with Crippen molar-refractivity contribution in [2.75, 3.05) is 6.54 Å². The number of hydrogen-bond donors (Lipinski definition) is 2. The lowest BCUT2D eigenvalue weighted by atomic mass is 10.1. The van der Waals surface area contributed by atoms with Crippen LogP contribution in [-0.4, -0.2) is 21.0 Å². The molecule has 112 valence electrons. The average molecular weight is 308 g/mol. The third kappa shape index (κ3) is 2.97. The number of benzene rings is 1. The van der Waals surface area contributed by atoms with Gasteiger partial charge in [0, 0.05) is 6.04 Å². The fourth-order valence-corrected chi connectivity index (χ4v) is 3.79. The monoisotopic (exact) mass is 308 g/mol. The van der Waals surface area contributed by atoms with Gasteiger partial charge < -0.3 is 5.73 Å². The summed E-state index contributed by atoms with van der Waals surface area (Å²) in [5.41, 5.74) is 5.55. The van der Waals surface area contributed by atoms with Crippen molar-refractivity contribution in [2.24, 2.45) is 11.7 Å². The molecule has 0 spiro atoms. The average Bonchev–Trinajstić information content (AvgIpc) is 2.81. The molecule has 0 radical (unpaired) electrons. The third-order valence-electron chi connectivity index (χ3n) is 3.54. The molecule has 0 amide bonds. The first kappa shape index (κ1) is 15.3. The number of sulfonamides is 1. The van der Waals surface area contributed by atoms with E-state index in [1.165, 1.54) is 0 Å². The van der Waals surface area contributed by atoms with E-state index in [1.807, 2.05) is 0 Å². The van der Waals surface area contributed by atoms with Crippen molar-refractivity contribution >= 4 is 10.0 Å². The number of halogens is 3. The number of hydrogen-bond acceptors (Lipinski definition) is 3. The van der Waals surface area contributed by atoms with Gasteiger partial charge in [-0.2, -0.15) is 0 Å². The molecule has 1 aromatic carbocycles. The maximum atomic E-state index is 13.1. The van der Waals surface area contributed by atoms with Gasteiger partial charge in [0.05, 0.1) is 4.90 Å². The Bertz CT molecular complexity index is 584. The van der Waals surface area contributed by atoms with Crippen LogP contribution in [0.15, 0.2) is 17.0 Å². The fraction of sp³-hybridized carbons (Fsp3) is 0.500. The molecule has 8 heteroatoms. The Morgan fingerprint density at radius 1 is 1.20 bits per heavy atom. The largest absolute Gasteiger partial charge is 0.330 e. The van der Waals surface area contributed by atoms with E-state index in [0.29, 0.717) is 25.1 Å². The normalized spacial score (nSPS) is 23.2. The smallest absolute Gasteiger partial charge is 0.241 e. The molecule has 0 bridgehead atoms. The van der Waals surface area contributed by atoms with Gasteiger partial charge in [0.1, 0.15) is 0 Å². The van der Waals surface area contributed by atoms with E-state index in [-0.39, 0.29) is 12.0 Å². The topological polar surface area (TPSA) is 72.2 Å². The summed E-state index contributed by atoms with van der Waals surface area (Å²) < 4.78 is 65.5. The molecule has 0 saturated heterocycles. The van der Waals surface area contributed by atoms with Crippen LogP contribution in [0.1, 0.15) is 19.3 Å². The van der Waals surface area contributed by atoms with E-state index in [4.69, 9.17) is 5.73 Å². The molecule has 1 fully saturated rings. The van der Waals surface area contributed by atoms with Crippen LogP contribution in [0.2, 0.25) is 0 Å². The molecular formula is C12H15F3N2O2S. The zero-order valence-corrected chi connectivity index (χ0v) is 11.4. The molecule has 3 N–H and O–H groups in total. The second-order valence-electron chi connectivity index (χ2n) is 4.86. The molecule has 1 aliphatic rings. The fourth-order valence-electron chi connectivity index (χ4n) is 2.43. The van der Waals surface area contributed by atoms with Gasteiger partial charge >= 0.3 is 0 Å². The van der Waals surface area contributed by atoms with Gasteiger partial charge in [-0.1, -0.05) is 6.42 Å². The maximum Gasteiger partial charge on any atom is 0.241 e. The molecule has 2 atom stereocenters. The minimum absolute atomic E-state index is 0.0000766. The molecule has 0 aliphatic heterocycles. The highest BCUT2D eigenvalue weighted by Crippen LogP contribution is 2.26. The number of nitrogens with two attached hydrogens (primary N) is 1. The molecule has 20 heavy (non-hydrogen) atoms. The van der Waals surface area contributed by atoms with E-state index >= 15 is 0 Å². The molecular weight excluding hydrogens is 293 g/mol. The Balaban J connectivity index is 2.27. The predicted octanol–water partition coefficient (Wildman–Crippen LogP) is 1.51. The van der Waals surface area contributed by atoms with Crippen molar-refractivity contribution in [2.45, 2.75) is 30.2 Å². The van der Waals surface area contributed by atoms with E-state index in [9.17, 15) is 21.6 Å². The van der Waals surface area contributed by atoms with Gasteiger partial charge in [0.25, 0.3) is 0 Å². The lowest BCUT2D eigenvalue weighted by molar-refractivity contribution is 0.438. The van der Waals surface area contributed by atoms with Gasteiger partial charge in [-0.05, 0) is 37.4 Å². The van der Waals surface area contributed by atoms with Gasteiger partial charge in [-0.15, -0.1) is 0 Å². The maximum absolute atomic E-state index is 13.1. The quantitative estimate of drug-likeness (QED) is 0.828. The third-order valence-corrected chi connectivity index (χ3v) is 5.01. The van der Waals surface area contributed by atoms with Crippen LogP contribution >= 0.6 is 0 Å². The van der Waals surface area contributed by atoms with Crippen LogP contribution < -0.4 is 10.5 Å². The Morgan fingerprint density at radius 2 is 1.80 bits per heavy atom. The van der Waals surface area contributed by atoms with E-state index < -0.39 is 32.4 Å². The summed E-state index contributed by atoms with van der Waals surface area (Å²) in [6.45, 7) is 0.333. The van der Waals surface area contributed by atoms with Crippen LogP contribution in [0.4, 0.5) is 13.2 Å². The van der Waals surface area contributed by atoms with Crippen molar-refractivity contribution in [3.63, 3.8) is 0 Å². The van der Waals surface area contributed by atoms with Gasteiger partial charge in [0.15, 0.2) is 17.5 Å². The SMILES string of the molecule is NCC1CCCC1NS(=O)(=O)c1cc(F)c(F)c(F)c1. The first-order valence-electron chi connectivity index (χ1n) is 6.22. The van der Waals surface area contributed by atoms with Crippen molar-refractivity contribution in [1.29, 1.82) is 0 Å². The summed E-state index contributed by atoms with van der Waals surface area (Å²) in [5.74, 6) is -4.76. The summed E-state index contributed by atoms with van der Waals surface area (Å²) >= 11 is 0. The number of rotatable bonds is 4. The Labute approximate surface area is 115 Å². The first-order valence-corrected chi connectivity index (χ1v) is 7.70. The molecule has 2 unspecified atom stereocenters. The van der Waals surface area contributed by atoms with Gasteiger partial charge in [0.2, 0.25) is 10.0 Å². The molecule has 4 nitrogen and oxygen atoms in total. The van der Waals surface area contributed by atoms with E-state index in [0.717, 1.165) is 12.8 Å². The van der Waals surface area contributed by atoms with Crippen molar-refractivity contribution in [1.82, 2.24) is 4.72 Å². The Morgan fingerprint density at radius 3 is 2.35 bits per heavy atom. The predicted molar refractivity (Wildman–Crippen MR) is 66.8 cm³/mol. The minimum atomic E-state index is -4.10. The van der Waals surface area contributed by atoms with Crippen molar-refractivity contribution in [3.8, 4) is 0 Å². The van der Waals surface area contributed by atoms with E-state index in [1.54, 1.807) is 0 Å². The minimum Gasteiger partial charge on any atom is -0.330 e. The summed E-state index contributed by atoms with van der Waals surface area (Å²) in [6.07, 6.45) is 2.25. The zero-order chi connectivity index (χ0) is 14.9. The highest BCUT2D eigenvalue weighted by molar-refractivity contribution is 7.89. The summed E-state index contributed by atoms with van der Waals surface area (Å²) in [7, 11) is -4.10. The molecule has 1 aromatic rings. The lowest BCUT2D eigenvalue weighted by Crippen LogP contribution is -2.39. The van der Waals surface area contributed by atoms with Gasteiger partial charge in [-0.25, -0.2) is 26.3 Å². The van der Waals surface area contributed by atoms with Crippen LogP contribution in [0.3, 0.4) is 0 Å². The highest BCUT2D eigenvalue weighted by atomic mass is 32.2. The first-order chi connectivity index (χ1) is 9.35. The molecule has 1 saturated carbocycles. The summed E-state index contributed by atoms with van der Waals surface area (Å²) in [4.78, 5) is -0.628. The van der Waals surface area contributed by atoms with E-state index in [2.05, 4.69) is 4.72 Å². The van der Waals surface area contributed by atoms with Crippen LogP contribution in [0.25, 0.3) is 0 Å². The zero-order valence-electron chi connectivity index (χ0n) is 10.6. The standard InChI is InChI=1S/C12H15F3N2O2S/c13-9-4-8(5-10(14)12(9)15)20(18,19)17-11-3-1-2-7(11)6-16/h4-5,7,11,17H,1-3,6,16H2. The second kappa shape index (κ2) is 5.71. The molecule has 2 rings (SSSR count). The Hall–Kier alpha value is -1.12. The second-order valence-corrected chi connectivity index (χ2v) is 6.57. The number of nitrogens with one attached hydrogen (secondary N) is 1. The highest BCUT2D eigenvalue weighted by Gasteiger charge is 2.31. The Kier molecular flexibility index (Phi) is 4.36. The molecule has 0 heterocycles. The van der Waals surface area contributed by atoms with Crippen LogP contribution in [0.5, 0.6) is 0 Å². The van der Waals surface area contributed by atoms with Crippen LogP contribution in [-0.2, 0) is 10.0 Å². The summed E-state index contributed by atoms with van der Waals surface area (Å²) in [6, 6.07) is 0.571. The molecule has 0 aromatic heterocycles. The van der Waals surface area contributed by atoms with Crippen LogP contribution in [0, 0.1) is 23.4 Å². The van der Waals surface area contributed by atoms with Gasteiger partial charge in [-0.3, -0.25) is 0 Å². The molecule has 1 aliphatic carbocycles. The van der Waals surface area contributed by atoms with Crippen molar-refractivity contribution < 1.29 is 21.6 Å².